The molecule has 220 valence electrons. The molecule has 0 aliphatic rings. The van der Waals surface area contributed by atoms with E-state index in [0.717, 1.165) is 33.4 Å². The van der Waals surface area contributed by atoms with Gasteiger partial charge in [-0.1, -0.05) is 146 Å². The van der Waals surface area contributed by atoms with Crippen LogP contribution in [0.4, 0.5) is 0 Å². The van der Waals surface area contributed by atoms with Crippen LogP contribution in [0.25, 0.3) is 87.4 Å². The molecule has 0 fully saturated rings. The molecule has 0 N–H and O–H groups in total. The molecule has 3 nitrogen and oxygen atoms in total. The third kappa shape index (κ3) is 5.05. The summed E-state index contributed by atoms with van der Waals surface area (Å²) in [4.78, 5) is 15.2. The van der Waals surface area contributed by atoms with Crippen molar-refractivity contribution in [3.63, 3.8) is 0 Å². The maximum absolute atomic E-state index is 5.09. The van der Waals surface area contributed by atoms with Crippen LogP contribution in [0.2, 0.25) is 0 Å². The van der Waals surface area contributed by atoms with E-state index in [1.54, 1.807) is 0 Å². The third-order valence-corrected chi connectivity index (χ3v) is 9.85. The smallest absolute Gasteiger partial charge is 0.164 e. The van der Waals surface area contributed by atoms with Crippen LogP contribution < -0.4 is 0 Å². The fourth-order valence-corrected chi connectivity index (χ4v) is 7.52. The Balaban J connectivity index is 1.20. The highest BCUT2D eigenvalue weighted by Gasteiger charge is 2.16. The number of aromatic nitrogens is 3. The number of nitrogens with zero attached hydrogens (tertiary/aromatic N) is 3. The molecule has 0 atom stereocenters. The van der Waals surface area contributed by atoms with Gasteiger partial charge in [-0.25, -0.2) is 15.0 Å². The summed E-state index contributed by atoms with van der Waals surface area (Å²) >= 11 is 1.81. The van der Waals surface area contributed by atoms with Gasteiger partial charge in [0.05, 0.1) is 0 Å². The van der Waals surface area contributed by atoms with Crippen LogP contribution in [0.5, 0.6) is 0 Å². The van der Waals surface area contributed by atoms with Gasteiger partial charge < -0.3 is 0 Å². The van der Waals surface area contributed by atoms with Crippen molar-refractivity contribution in [3.8, 4) is 56.4 Å². The van der Waals surface area contributed by atoms with E-state index in [9.17, 15) is 0 Å². The topological polar surface area (TPSA) is 38.7 Å². The van der Waals surface area contributed by atoms with Gasteiger partial charge in [-0.3, -0.25) is 0 Å². The Kier molecular flexibility index (Phi) is 6.65. The highest BCUT2D eigenvalue weighted by molar-refractivity contribution is 7.26. The average molecular weight is 618 g/mol. The highest BCUT2D eigenvalue weighted by atomic mass is 32.1. The normalized spacial score (nSPS) is 11.4. The van der Waals surface area contributed by atoms with Crippen LogP contribution in [0, 0.1) is 0 Å². The first-order valence-corrected chi connectivity index (χ1v) is 16.5. The van der Waals surface area contributed by atoms with Crippen LogP contribution in [-0.4, -0.2) is 15.0 Å². The van der Waals surface area contributed by atoms with E-state index in [4.69, 9.17) is 15.0 Å². The standard InChI is InChI=1S/C43H27N3S/c1-3-10-28(11-4-1)30-18-20-32(21-19-30)41-44-42(34-16-9-15-33(26-34)29-12-5-2-6-13-29)46-43(45-41)35-22-24-37-39(27-35)47-38-25-23-31-14-7-8-17-36(31)40(37)38/h1-27H. The van der Waals surface area contributed by atoms with E-state index >= 15 is 0 Å². The van der Waals surface area contributed by atoms with E-state index in [2.05, 4.69) is 152 Å². The quantitative estimate of drug-likeness (QED) is 0.193. The molecule has 2 heterocycles. The van der Waals surface area contributed by atoms with Crippen molar-refractivity contribution in [2.45, 2.75) is 0 Å². The number of thiophene rings is 1. The van der Waals surface area contributed by atoms with Gasteiger partial charge in [-0.2, -0.15) is 0 Å². The second-order valence-electron chi connectivity index (χ2n) is 11.7. The summed E-state index contributed by atoms with van der Waals surface area (Å²) in [5.41, 5.74) is 7.48. The van der Waals surface area contributed by atoms with Gasteiger partial charge in [0, 0.05) is 36.9 Å². The minimum atomic E-state index is 0.650. The Morgan fingerprint density at radius 3 is 1.60 bits per heavy atom. The summed E-state index contributed by atoms with van der Waals surface area (Å²) in [6, 6.07) is 57.4. The molecule has 0 unspecified atom stereocenters. The van der Waals surface area contributed by atoms with Gasteiger partial charge >= 0.3 is 0 Å². The van der Waals surface area contributed by atoms with Crippen LogP contribution in [0.15, 0.2) is 164 Å². The van der Waals surface area contributed by atoms with Crippen molar-refractivity contribution in [1.29, 1.82) is 0 Å². The lowest BCUT2D eigenvalue weighted by Gasteiger charge is -2.10. The van der Waals surface area contributed by atoms with E-state index < -0.39 is 0 Å². The second kappa shape index (κ2) is 11.4. The molecular weight excluding hydrogens is 591 g/mol. The third-order valence-electron chi connectivity index (χ3n) is 8.73. The predicted molar refractivity (Wildman–Crippen MR) is 197 cm³/mol. The summed E-state index contributed by atoms with van der Waals surface area (Å²) in [6.07, 6.45) is 0. The number of hydrogen-bond donors (Lipinski definition) is 0. The first-order chi connectivity index (χ1) is 23.3. The zero-order valence-electron chi connectivity index (χ0n) is 25.3. The van der Waals surface area contributed by atoms with Gasteiger partial charge in [0.15, 0.2) is 17.5 Å². The molecule has 0 saturated carbocycles. The molecule has 0 bridgehead atoms. The van der Waals surface area contributed by atoms with Gasteiger partial charge in [0.2, 0.25) is 0 Å². The lowest BCUT2D eigenvalue weighted by Crippen LogP contribution is -2.00. The Hall–Kier alpha value is -5.97. The summed E-state index contributed by atoms with van der Waals surface area (Å²) in [6.45, 7) is 0. The summed E-state index contributed by atoms with van der Waals surface area (Å²) < 4.78 is 2.50. The maximum Gasteiger partial charge on any atom is 0.164 e. The molecule has 47 heavy (non-hydrogen) atoms. The molecule has 9 aromatic rings. The van der Waals surface area contributed by atoms with Gasteiger partial charge in [0.25, 0.3) is 0 Å². The predicted octanol–water partition coefficient (Wildman–Crippen LogP) is 11.7. The SMILES string of the molecule is c1ccc(-c2ccc(-c3nc(-c4cccc(-c5ccccc5)c4)nc(-c4ccc5c(c4)sc4ccc6ccccc6c45)n3)cc2)cc1. The van der Waals surface area contributed by atoms with Crippen molar-refractivity contribution in [3.05, 3.63) is 164 Å². The average Bonchev–Trinajstić information content (AvgIpc) is 3.54. The summed E-state index contributed by atoms with van der Waals surface area (Å²) in [5, 5.41) is 5.10. The zero-order chi connectivity index (χ0) is 31.2. The van der Waals surface area contributed by atoms with Crippen LogP contribution in [0.1, 0.15) is 0 Å². The van der Waals surface area contributed by atoms with E-state index in [-0.39, 0.29) is 0 Å². The van der Waals surface area contributed by atoms with Crippen molar-refractivity contribution >= 4 is 42.3 Å². The molecule has 0 amide bonds. The highest BCUT2D eigenvalue weighted by Crippen LogP contribution is 2.40. The minimum Gasteiger partial charge on any atom is -0.208 e. The minimum absolute atomic E-state index is 0.650. The first kappa shape index (κ1) is 27.3. The van der Waals surface area contributed by atoms with Crippen molar-refractivity contribution in [1.82, 2.24) is 15.0 Å². The van der Waals surface area contributed by atoms with Crippen molar-refractivity contribution in [2.24, 2.45) is 0 Å². The van der Waals surface area contributed by atoms with E-state index in [1.807, 2.05) is 23.5 Å². The number of fused-ring (bicyclic) bond motifs is 5. The Morgan fingerprint density at radius 2 is 0.851 bits per heavy atom. The number of rotatable bonds is 5. The second-order valence-corrected chi connectivity index (χ2v) is 12.8. The molecule has 2 aromatic heterocycles. The molecule has 9 rings (SSSR count). The molecule has 0 radical (unpaired) electrons. The molecule has 0 aliphatic heterocycles. The van der Waals surface area contributed by atoms with Crippen LogP contribution >= 0.6 is 11.3 Å². The van der Waals surface area contributed by atoms with E-state index in [0.29, 0.717) is 17.5 Å². The monoisotopic (exact) mass is 617 g/mol. The number of benzene rings is 7. The Morgan fingerprint density at radius 1 is 0.319 bits per heavy atom. The van der Waals surface area contributed by atoms with Crippen molar-refractivity contribution < 1.29 is 0 Å². The molecule has 7 aromatic carbocycles. The molecule has 4 heteroatoms. The molecule has 0 spiro atoms. The Labute approximate surface area is 276 Å². The van der Waals surface area contributed by atoms with Crippen LogP contribution in [-0.2, 0) is 0 Å². The maximum atomic E-state index is 5.09. The van der Waals surface area contributed by atoms with Gasteiger partial charge in [-0.05, 0) is 51.2 Å². The van der Waals surface area contributed by atoms with Gasteiger partial charge in [0.1, 0.15) is 0 Å². The zero-order valence-corrected chi connectivity index (χ0v) is 26.2. The lowest BCUT2D eigenvalue weighted by atomic mass is 10.0. The first-order valence-electron chi connectivity index (χ1n) is 15.7. The summed E-state index contributed by atoms with van der Waals surface area (Å²) in [7, 11) is 0. The number of hydrogen-bond acceptors (Lipinski definition) is 4. The summed E-state index contributed by atoms with van der Waals surface area (Å²) in [5.74, 6) is 1.96. The fraction of sp³-hybridized carbons (Fsp3) is 0. The molecule has 0 aliphatic carbocycles. The van der Waals surface area contributed by atoms with Crippen LogP contribution in [0.3, 0.4) is 0 Å². The van der Waals surface area contributed by atoms with Gasteiger partial charge in [-0.15, -0.1) is 11.3 Å². The molecular formula is C43H27N3S. The molecule has 0 saturated heterocycles. The largest absolute Gasteiger partial charge is 0.208 e. The Bertz CT molecular complexity index is 2550. The fourth-order valence-electron chi connectivity index (χ4n) is 6.36. The van der Waals surface area contributed by atoms with E-state index in [1.165, 1.54) is 36.5 Å². The lowest BCUT2D eigenvalue weighted by molar-refractivity contribution is 1.07. The van der Waals surface area contributed by atoms with Crippen molar-refractivity contribution in [2.75, 3.05) is 0 Å².